The molecule has 0 saturated heterocycles. The van der Waals surface area contributed by atoms with E-state index in [0.29, 0.717) is 22.4 Å². The maximum Gasteiger partial charge on any atom is 0.369 e. The van der Waals surface area contributed by atoms with Crippen LogP contribution in [0.4, 0.5) is 4.79 Å². The third kappa shape index (κ3) is 2.88. The molecular weight excluding hydrogens is 218 g/mol. The number of primary amides is 1. The summed E-state index contributed by atoms with van der Waals surface area (Å²) in [6.45, 7) is 0. The molecule has 0 saturated carbocycles. The first kappa shape index (κ1) is 11.4. The third-order valence-corrected chi connectivity index (χ3v) is 2.38. The van der Waals surface area contributed by atoms with Crippen LogP contribution in [-0.4, -0.2) is 23.4 Å². The van der Waals surface area contributed by atoms with Crippen LogP contribution < -0.4 is 10.5 Å². The second-order valence-electron chi connectivity index (χ2n) is 2.60. The van der Waals surface area contributed by atoms with Gasteiger partial charge in [0.1, 0.15) is 5.75 Å². The van der Waals surface area contributed by atoms with Gasteiger partial charge in [0.05, 0.1) is 12.0 Å². The number of ether oxygens (including phenoxy) is 1. The van der Waals surface area contributed by atoms with E-state index in [9.17, 15) is 9.59 Å². The number of hydrogen-bond acceptors (Lipinski definition) is 4. The second-order valence-corrected chi connectivity index (χ2v) is 3.59. The fraction of sp³-hybridized carbons (Fsp3) is 0.111. The van der Waals surface area contributed by atoms with Crippen LogP contribution in [0.15, 0.2) is 23.1 Å². The molecule has 0 aliphatic carbocycles. The molecule has 0 radical (unpaired) electrons. The van der Waals surface area contributed by atoms with Gasteiger partial charge in [0.2, 0.25) is 5.91 Å². The molecule has 5 nitrogen and oxygen atoms in total. The molecule has 0 aliphatic heterocycles. The predicted octanol–water partition coefficient (Wildman–Crippen LogP) is 1.56. The van der Waals surface area contributed by atoms with Gasteiger partial charge in [-0.05, 0) is 30.0 Å². The highest BCUT2D eigenvalue weighted by Crippen LogP contribution is 2.30. The standard InChI is InChI=1S/C9H9NO4S/c1-14-6-4-5(8(10)11)2-3-7(6)15-9(12)13/h2-4H,1H3,(H2,10,11)(H,12,13). The molecule has 0 spiro atoms. The second kappa shape index (κ2) is 4.70. The quantitative estimate of drug-likeness (QED) is 0.765. The van der Waals surface area contributed by atoms with Crippen molar-refractivity contribution >= 4 is 23.0 Å². The van der Waals surface area contributed by atoms with Gasteiger partial charge in [0, 0.05) is 5.56 Å². The SMILES string of the molecule is COc1cc(C(N)=O)ccc1SC(=O)O. The Morgan fingerprint density at radius 2 is 2.13 bits per heavy atom. The number of hydrogen-bond donors (Lipinski definition) is 2. The molecule has 0 heterocycles. The summed E-state index contributed by atoms with van der Waals surface area (Å²) in [6.07, 6.45) is 0. The lowest BCUT2D eigenvalue weighted by Gasteiger charge is -2.06. The van der Waals surface area contributed by atoms with E-state index >= 15 is 0 Å². The van der Waals surface area contributed by atoms with Gasteiger partial charge in [-0.2, -0.15) is 0 Å². The Balaban J connectivity index is 3.08. The Morgan fingerprint density at radius 3 is 2.60 bits per heavy atom. The van der Waals surface area contributed by atoms with E-state index in [1.165, 1.54) is 25.3 Å². The van der Waals surface area contributed by atoms with Gasteiger partial charge < -0.3 is 15.6 Å². The summed E-state index contributed by atoms with van der Waals surface area (Å²) in [4.78, 5) is 21.7. The zero-order valence-corrected chi connectivity index (χ0v) is 8.71. The molecule has 1 amide bonds. The van der Waals surface area contributed by atoms with Crippen LogP contribution >= 0.6 is 11.8 Å². The molecule has 0 aliphatic rings. The van der Waals surface area contributed by atoms with Crippen molar-refractivity contribution in [2.45, 2.75) is 4.90 Å². The van der Waals surface area contributed by atoms with Crippen LogP contribution in [0.1, 0.15) is 10.4 Å². The van der Waals surface area contributed by atoms with E-state index in [4.69, 9.17) is 15.6 Å². The monoisotopic (exact) mass is 227 g/mol. The van der Waals surface area contributed by atoms with E-state index in [1.807, 2.05) is 0 Å². The number of benzene rings is 1. The zero-order chi connectivity index (χ0) is 11.4. The summed E-state index contributed by atoms with van der Waals surface area (Å²) >= 11 is 0.610. The molecule has 1 aromatic carbocycles. The smallest absolute Gasteiger partial charge is 0.369 e. The highest BCUT2D eigenvalue weighted by Gasteiger charge is 2.11. The Kier molecular flexibility index (Phi) is 3.56. The molecule has 15 heavy (non-hydrogen) atoms. The fourth-order valence-corrected chi connectivity index (χ4v) is 1.57. The molecule has 3 N–H and O–H groups in total. The Hall–Kier alpha value is -1.69. The normalized spacial score (nSPS) is 9.67. The number of carbonyl (C=O) groups is 2. The van der Waals surface area contributed by atoms with Crippen LogP contribution in [0, 0.1) is 0 Å². The number of thioether (sulfide) groups is 1. The zero-order valence-electron chi connectivity index (χ0n) is 7.89. The van der Waals surface area contributed by atoms with Crippen molar-refractivity contribution in [1.29, 1.82) is 0 Å². The molecule has 0 aromatic heterocycles. The van der Waals surface area contributed by atoms with E-state index in [0.717, 1.165) is 0 Å². The first-order valence-electron chi connectivity index (χ1n) is 3.93. The van der Waals surface area contributed by atoms with Crippen LogP contribution in [0.5, 0.6) is 5.75 Å². The Morgan fingerprint density at radius 1 is 1.47 bits per heavy atom. The summed E-state index contributed by atoms with van der Waals surface area (Å²) in [5.41, 5.74) is 5.35. The molecule has 0 fully saturated rings. The van der Waals surface area contributed by atoms with E-state index in [1.54, 1.807) is 0 Å². The van der Waals surface area contributed by atoms with Crippen LogP contribution in [0.25, 0.3) is 0 Å². The van der Waals surface area contributed by atoms with Gasteiger partial charge in [-0.15, -0.1) is 0 Å². The Labute approximate surface area is 90.2 Å². The van der Waals surface area contributed by atoms with Gasteiger partial charge >= 0.3 is 5.30 Å². The summed E-state index contributed by atoms with van der Waals surface area (Å²) in [6, 6.07) is 4.35. The van der Waals surface area contributed by atoms with Gasteiger partial charge in [-0.1, -0.05) is 0 Å². The van der Waals surface area contributed by atoms with Gasteiger partial charge in [0.25, 0.3) is 0 Å². The minimum Gasteiger partial charge on any atom is -0.496 e. The van der Waals surface area contributed by atoms with Crippen LogP contribution in [0.2, 0.25) is 0 Å². The average Bonchev–Trinajstić information content (AvgIpc) is 2.17. The van der Waals surface area contributed by atoms with Crippen molar-refractivity contribution < 1.29 is 19.4 Å². The van der Waals surface area contributed by atoms with E-state index in [-0.39, 0.29) is 5.56 Å². The maximum atomic E-state index is 10.8. The first-order chi connectivity index (χ1) is 7.04. The summed E-state index contributed by atoms with van der Waals surface area (Å²) in [5.74, 6) is -0.265. The van der Waals surface area contributed by atoms with Crippen molar-refractivity contribution in [3.63, 3.8) is 0 Å². The third-order valence-electron chi connectivity index (χ3n) is 1.65. The molecule has 1 rings (SSSR count). The van der Waals surface area contributed by atoms with Gasteiger partial charge in [-0.25, -0.2) is 4.79 Å². The number of carboxylic acid groups (broad SMARTS) is 1. The summed E-state index contributed by atoms with van der Waals surface area (Å²) < 4.78 is 4.95. The number of carbonyl (C=O) groups excluding carboxylic acids is 1. The minimum absolute atomic E-state index is 0.279. The first-order valence-corrected chi connectivity index (χ1v) is 4.75. The van der Waals surface area contributed by atoms with Gasteiger partial charge in [-0.3, -0.25) is 4.79 Å². The Bertz CT molecular complexity index is 405. The molecule has 6 heteroatoms. The number of amides is 1. The van der Waals surface area contributed by atoms with Gasteiger partial charge in [0.15, 0.2) is 0 Å². The number of rotatable bonds is 3. The number of methoxy groups -OCH3 is 1. The maximum absolute atomic E-state index is 10.8. The van der Waals surface area contributed by atoms with Crippen molar-refractivity contribution in [3.8, 4) is 5.75 Å². The highest BCUT2D eigenvalue weighted by molar-refractivity contribution is 8.13. The molecule has 0 atom stereocenters. The summed E-state index contributed by atoms with van der Waals surface area (Å²) in [5, 5.41) is 7.54. The van der Waals surface area contributed by atoms with Crippen molar-refractivity contribution in [3.05, 3.63) is 23.8 Å². The fourth-order valence-electron chi connectivity index (χ4n) is 0.999. The predicted molar refractivity (Wildman–Crippen MR) is 55.4 cm³/mol. The van der Waals surface area contributed by atoms with Crippen molar-refractivity contribution in [2.24, 2.45) is 5.73 Å². The van der Waals surface area contributed by atoms with E-state index < -0.39 is 11.2 Å². The lowest BCUT2D eigenvalue weighted by Crippen LogP contribution is -2.10. The molecule has 0 bridgehead atoms. The lowest BCUT2D eigenvalue weighted by molar-refractivity contribution is 0.1000. The van der Waals surface area contributed by atoms with Crippen LogP contribution in [-0.2, 0) is 0 Å². The van der Waals surface area contributed by atoms with E-state index in [2.05, 4.69) is 0 Å². The molecular formula is C9H9NO4S. The largest absolute Gasteiger partial charge is 0.496 e. The number of nitrogens with two attached hydrogens (primary N) is 1. The van der Waals surface area contributed by atoms with Crippen molar-refractivity contribution in [2.75, 3.05) is 7.11 Å². The molecule has 0 unspecified atom stereocenters. The lowest BCUT2D eigenvalue weighted by atomic mass is 10.2. The minimum atomic E-state index is -1.04. The highest BCUT2D eigenvalue weighted by atomic mass is 32.2. The molecule has 80 valence electrons. The summed E-state index contributed by atoms with van der Waals surface area (Å²) in [7, 11) is 1.39. The average molecular weight is 227 g/mol. The molecule has 1 aromatic rings. The van der Waals surface area contributed by atoms with Crippen molar-refractivity contribution in [1.82, 2.24) is 0 Å². The van der Waals surface area contributed by atoms with Crippen LogP contribution in [0.3, 0.4) is 0 Å². The topological polar surface area (TPSA) is 89.6 Å².